The minimum absolute atomic E-state index is 0.0578. The molecular weight excluding hydrogens is 462 g/mol. The van der Waals surface area contributed by atoms with Gasteiger partial charge in [-0.1, -0.05) is 54.6 Å². The average molecular weight is 494 g/mol. The number of hydrogen-bond donors (Lipinski definition) is 0. The van der Waals surface area contributed by atoms with Gasteiger partial charge < -0.3 is 4.90 Å². The summed E-state index contributed by atoms with van der Waals surface area (Å²) in [6.07, 6.45) is 1.30. The largest absolute Gasteiger partial charge is 0.302 e. The van der Waals surface area contributed by atoms with Gasteiger partial charge in [0.25, 0.3) is 0 Å². The molecule has 36 heavy (non-hydrogen) atoms. The predicted octanol–water partition coefficient (Wildman–Crippen LogP) is 7.70. The lowest BCUT2D eigenvalue weighted by Crippen LogP contribution is -2.48. The number of aryl methyl sites for hydroxylation is 1. The van der Waals surface area contributed by atoms with Gasteiger partial charge in [0, 0.05) is 26.1 Å². The first kappa shape index (κ1) is 24.8. The minimum atomic E-state index is -2.24. The van der Waals surface area contributed by atoms with Crippen molar-refractivity contribution in [1.29, 1.82) is 0 Å². The van der Waals surface area contributed by atoms with E-state index in [1.807, 2.05) is 6.07 Å². The van der Waals surface area contributed by atoms with Crippen molar-refractivity contribution in [3.63, 3.8) is 0 Å². The van der Waals surface area contributed by atoms with Crippen LogP contribution in [0.1, 0.15) is 52.6 Å². The summed E-state index contributed by atoms with van der Waals surface area (Å²) in [5.74, 6) is -1.11. The number of hydrogen-bond acceptors (Lipinski definition) is 1. The Kier molecular flexibility index (Phi) is 7.29. The molecule has 0 atom stereocenters. The SMILES string of the molecule is Cc1c(C2=C(c3ccc(CC4CN(CCC(F)F)C4)cc3)c3ccccc3CCC2)ccc(F)c1F. The predicted molar refractivity (Wildman–Crippen MR) is 137 cm³/mol. The fourth-order valence-electron chi connectivity index (χ4n) is 5.71. The smallest absolute Gasteiger partial charge is 0.239 e. The maximum Gasteiger partial charge on any atom is 0.239 e. The van der Waals surface area contributed by atoms with Crippen molar-refractivity contribution in [3.8, 4) is 0 Å². The second kappa shape index (κ2) is 10.6. The molecule has 1 aliphatic carbocycles. The van der Waals surface area contributed by atoms with E-state index in [0.29, 0.717) is 18.0 Å². The number of benzene rings is 3. The topological polar surface area (TPSA) is 3.24 Å². The second-order valence-corrected chi connectivity index (χ2v) is 10.1. The lowest BCUT2D eigenvalue weighted by molar-refractivity contribution is 0.0626. The molecule has 5 heteroatoms. The van der Waals surface area contributed by atoms with Crippen LogP contribution in [0.4, 0.5) is 17.6 Å². The molecule has 0 radical (unpaired) electrons. The molecule has 0 bridgehead atoms. The molecule has 0 amide bonds. The van der Waals surface area contributed by atoms with Gasteiger partial charge in [0.05, 0.1) is 0 Å². The molecular formula is C31H31F4N. The lowest BCUT2D eigenvalue weighted by Gasteiger charge is -2.39. The van der Waals surface area contributed by atoms with E-state index in [1.54, 1.807) is 13.0 Å². The molecule has 1 heterocycles. The third-order valence-corrected chi connectivity index (χ3v) is 7.59. The monoisotopic (exact) mass is 493 g/mol. The van der Waals surface area contributed by atoms with Crippen LogP contribution in [-0.2, 0) is 12.8 Å². The fourth-order valence-corrected chi connectivity index (χ4v) is 5.71. The van der Waals surface area contributed by atoms with Gasteiger partial charge in [-0.05, 0) is 89.1 Å². The maximum atomic E-state index is 14.6. The molecule has 0 unspecified atom stereocenters. The van der Waals surface area contributed by atoms with Crippen molar-refractivity contribution in [2.24, 2.45) is 5.92 Å². The molecule has 2 aliphatic rings. The molecule has 3 aromatic rings. The van der Waals surface area contributed by atoms with E-state index < -0.39 is 18.1 Å². The van der Waals surface area contributed by atoms with Crippen LogP contribution in [0.2, 0.25) is 0 Å². The van der Waals surface area contributed by atoms with Crippen molar-refractivity contribution in [1.82, 2.24) is 4.90 Å². The van der Waals surface area contributed by atoms with Crippen LogP contribution in [0, 0.1) is 24.5 Å². The molecule has 5 rings (SSSR count). The van der Waals surface area contributed by atoms with Gasteiger partial charge in [0.2, 0.25) is 6.43 Å². The van der Waals surface area contributed by atoms with E-state index in [0.717, 1.165) is 66.6 Å². The zero-order chi connectivity index (χ0) is 25.2. The first-order chi connectivity index (χ1) is 17.4. The maximum absolute atomic E-state index is 14.6. The molecule has 0 saturated carbocycles. The fraction of sp³-hybridized carbons (Fsp3) is 0.355. The van der Waals surface area contributed by atoms with Gasteiger partial charge in [-0.25, -0.2) is 17.6 Å². The summed E-state index contributed by atoms with van der Waals surface area (Å²) in [6, 6.07) is 19.9. The molecule has 0 spiro atoms. The first-order valence-electron chi connectivity index (χ1n) is 12.8. The molecule has 0 N–H and O–H groups in total. The Labute approximate surface area is 210 Å². The number of halogens is 4. The summed E-state index contributed by atoms with van der Waals surface area (Å²) in [6.45, 7) is 3.85. The quantitative estimate of drug-likeness (QED) is 0.305. The Morgan fingerprint density at radius 1 is 0.889 bits per heavy atom. The summed E-state index contributed by atoms with van der Waals surface area (Å²) in [5.41, 5.74) is 7.97. The lowest BCUT2D eigenvalue weighted by atomic mass is 9.85. The van der Waals surface area contributed by atoms with Crippen LogP contribution in [0.15, 0.2) is 60.7 Å². The number of fused-ring (bicyclic) bond motifs is 1. The van der Waals surface area contributed by atoms with E-state index in [4.69, 9.17) is 0 Å². The average Bonchev–Trinajstić information content (AvgIpc) is 3.04. The van der Waals surface area contributed by atoms with Crippen LogP contribution in [0.3, 0.4) is 0 Å². The van der Waals surface area contributed by atoms with Crippen LogP contribution < -0.4 is 0 Å². The summed E-state index contributed by atoms with van der Waals surface area (Å²) in [5, 5.41) is 0. The molecule has 0 aromatic heterocycles. The van der Waals surface area contributed by atoms with Crippen molar-refractivity contribution < 1.29 is 17.6 Å². The van der Waals surface area contributed by atoms with Crippen molar-refractivity contribution in [2.45, 2.75) is 45.5 Å². The van der Waals surface area contributed by atoms with Crippen LogP contribution in [0.5, 0.6) is 0 Å². The highest BCUT2D eigenvalue weighted by Crippen LogP contribution is 2.41. The van der Waals surface area contributed by atoms with E-state index in [9.17, 15) is 17.6 Å². The van der Waals surface area contributed by atoms with E-state index in [1.165, 1.54) is 17.2 Å². The Bertz CT molecular complexity index is 1260. The summed E-state index contributed by atoms with van der Waals surface area (Å²) < 4.78 is 53.4. The van der Waals surface area contributed by atoms with E-state index in [-0.39, 0.29) is 6.42 Å². The highest BCUT2D eigenvalue weighted by Gasteiger charge is 2.27. The van der Waals surface area contributed by atoms with Crippen molar-refractivity contribution >= 4 is 11.1 Å². The van der Waals surface area contributed by atoms with E-state index >= 15 is 0 Å². The Balaban J connectivity index is 1.45. The van der Waals surface area contributed by atoms with Gasteiger partial charge in [-0.2, -0.15) is 0 Å². The minimum Gasteiger partial charge on any atom is -0.302 e. The Hall–Kier alpha value is -2.92. The zero-order valence-electron chi connectivity index (χ0n) is 20.5. The molecule has 1 saturated heterocycles. The third kappa shape index (κ3) is 5.12. The van der Waals surface area contributed by atoms with Gasteiger partial charge in [0.1, 0.15) is 0 Å². The van der Waals surface area contributed by atoms with Gasteiger partial charge in [-0.3, -0.25) is 0 Å². The Morgan fingerprint density at radius 2 is 1.64 bits per heavy atom. The van der Waals surface area contributed by atoms with Crippen LogP contribution >= 0.6 is 0 Å². The first-order valence-corrected chi connectivity index (χ1v) is 12.8. The number of nitrogens with zero attached hydrogens (tertiary/aromatic N) is 1. The number of alkyl halides is 2. The standard InChI is InChI=1S/C31H31F4N/c1-20-25(13-14-28(32)31(20)35)27-8-4-6-23-5-2-3-7-26(23)30(27)24-11-9-21(10-12-24)17-22-18-36(19-22)16-15-29(33)34/h2-3,5,7,9-14,22,29H,4,6,8,15-19H2,1H3. The molecule has 1 fully saturated rings. The number of allylic oxidation sites excluding steroid dienone is 1. The van der Waals surface area contributed by atoms with Crippen LogP contribution in [-0.4, -0.2) is 31.0 Å². The van der Waals surface area contributed by atoms with Crippen molar-refractivity contribution in [2.75, 3.05) is 19.6 Å². The summed E-state index contributed by atoms with van der Waals surface area (Å²) in [7, 11) is 0. The molecule has 188 valence electrons. The highest BCUT2D eigenvalue weighted by atomic mass is 19.3. The third-order valence-electron chi connectivity index (χ3n) is 7.59. The zero-order valence-corrected chi connectivity index (χ0v) is 20.5. The Morgan fingerprint density at radius 3 is 2.39 bits per heavy atom. The summed E-state index contributed by atoms with van der Waals surface area (Å²) in [4.78, 5) is 2.09. The van der Waals surface area contributed by atoms with Gasteiger partial charge in [-0.15, -0.1) is 0 Å². The van der Waals surface area contributed by atoms with Crippen molar-refractivity contribution in [3.05, 3.63) is 106 Å². The number of likely N-dealkylation sites (tertiary alicyclic amines) is 1. The second-order valence-electron chi connectivity index (χ2n) is 10.1. The van der Waals surface area contributed by atoms with Gasteiger partial charge in [0.15, 0.2) is 11.6 Å². The normalized spacial score (nSPS) is 16.7. The van der Waals surface area contributed by atoms with Crippen LogP contribution in [0.25, 0.3) is 11.1 Å². The molecule has 3 aromatic carbocycles. The highest BCUT2D eigenvalue weighted by molar-refractivity contribution is 6.00. The summed E-state index contributed by atoms with van der Waals surface area (Å²) >= 11 is 0. The number of rotatable bonds is 7. The van der Waals surface area contributed by atoms with E-state index in [2.05, 4.69) is 47.4 Å². The van der Waals surface area contributed by atoms with Gasteiger partial charge >= 0.3 is 0 Å². The molecule has 1 aliphatic heterocycles. The molecule has 1 nitrogen and oxygen atoms in total.